The zero-order valence-corrected chi connectivity index (χ0v) is 19.8. The summed E-state index contributed by atoms with van der Waals surface area (Å²) in [5.74, 6) is 1.97. The van der Waals surface area contributed by atoms with Crippen LogP contribution in [-0.4, -0.2) is 33.1 Å². The Morgan fingerprint density at radius 1 is 1.23 bits per heavy atom. The van der Waals surface area contributed by atoms with Crippen molar-refractivity contribution in [3.63, 3.8) is 0 Å². The second kappa shape index (κ2) is 9.30. The van der Waals surface area contributed by atoms with Crippen molar-refractivity contribution < 1.29 is 15.3 Å². The molecule has 3 N–H and O–H groups in total. The van der Waals surface area contributed by atoms with E-state index in [0.29, 0.717) is 23.7 Å². The highest BCUT2D eigenvalue weighted by molar-refractivity contribution is 5.35. The second-order valence-corrected chi connectivity index (χ2v) is 11.4. The number of rotatable bonds is 7. The molecule has 0 heterocycles. The zero-order valence-electron chi connectivity index (χ0n) is 19.8. The Morgan fingerprint density at radius 3 is 2.63 bits per heavy atom. The minimum atomic E-state index is -0.556. The number of hydrogen-bond acceptors (Lipinski definition) is 3. The number of hydrogen-bond donors (Lipinski definition) is 3. The Labute approximate surface area is 184 Å². The third-order valence-electron chi connectivity index (χ3n) is 8.47. The molecule has 3 nitrogen and oxygen atoms in total. The summed E-state index contributed by atoms with van der Waals surface area (Å²) in [4.78, 5) is 0. The summed E-state index contributed by atoms with van der Waals surface area (Å²) >= 11 is 0. The minimum Gasteiger partial charge on any atom is -0.392 e. The molecule has 30 heavy (non-hydrogen) atoms. The van der Waals surface area contributed by atoms with Crippen molar-refractivity contribution in [1.29, 1.82) is 0 Å². The van der Waals surface area contributed by atoms with Crippen molar-refractivity contribution in [2.45, 2.75) is 104 Å². The van der Waals surface area contributed by atoms with Crippen LogP contribution in [-0.2, 0) is 0 Å². The molecule has 3 aliphatic carbocycles. The number of aliphatic hydroxyl groups excluding tert-OH is 2. The summed E-state index contributed by atoms with van der Waals surface area (Å²) in [5.41, 5.74) is 2.31. The summed E-state index contributed by atoms with van der Waals surface area (Å²) in [5, 5.41) is 30.4. The maximum atomic E-state index is 10.2. The molecule has 0 spiro atoms. The van der Waals surface area contributed by atoms with Crippen LogP contribution in [0.25, 0.3) is 0 Å². The number of aliphatic hydroxyl groups is 3. The smallest absolute Gasteiger partial charge is 0.0776 e. The van der Waals surface area contributed by atoms with Crippen molar-refractivity contribution >= 4 is 0 Å². The molecule has 7 atom stereocenters. The first kappa shape index (κ1) is 23.8. The van der Waals surface area contributed by atoms with Crippen LogP contribution in [0.1, 0.15) is 86.0 Å². The van der Waals surface area contributed by atoms with Crippen molar-refractivity contribution in [3.05, 3.63) is 35.5 Å². The number of fused-ring (bicyclic) bond motifs is 1. The first-order chi connectivity index (χ1) is 14.0. The largest absolute Gasteiger partial charge is 0.392 e. The fourth-order valence-electron chi connectivity index (χ4n) is 6.46. The second-order valence-electron chi connectivity index (χ2n) is 11.4. The van der Waals surface area contributed by atoms with Gasteiger partial charge in [-0.3, -0.25) is 0 Å². The maximum absolute atomic E-state index is 10.2. The van der Waals surface area contributed by atoms with E-state index >= 15 is 0 Å². The van der Waals surface area contributed by atoms with Gasteiger partial charge in [0.2, 0.25) is 0 Å². The predicted molar refractivity (Wildman–Crippen MR) is 124 cm³/mol. The molecule has 3 aliphatic rings. The van der Waals surface area contributed by atoms with Crippen LogP contribution in [0, 0.1) is 29.1 Å². The molecule has 0 aromatic heterocycles. The Morgan fingerprint density at radius 2 is 1.97 bits per heavy atom. The van der Waals surface area contributed by atoms with Crippen LogP contribution in [0.5, 0.6) is 0 Å². The van der Waals surface area contributed by atoms with Gasteiger partial charge in [-0.15, -0.1) is 0 Å². The first-order valence-corrected chi connectivity index (χ1v) is 12.2. The molecule has 0 amide bonds. The van der Waals surface area contributed by atoms with Gasteiger partial charge < -0.3 is 15.3 Å². The third kappa shape index (κ3) is 5.29. The van der Waals surface area contributed by atoms with E-state index in [9.17, 15) is 15.3 Å². The molecule has 3 rings (SSSR count). The maximum Gasteiger partial charge on any atom is 0.0776 e. The van der Waals surface area contributed by atoms with Crippen LogP contribution >= 0.6 is 0 Å². The van der Waals surface area contributed by atoms with Gasteiger partial charge in [0.1, 0.15) is 0 Å². The third-order valence-corrected chi connectivity index (χ3v) is 8.47. The fraction of sp³-hybridized carbons (Fsp3) is 0.778. The lowest BCUT2D eigenvalue weighted by Gasteiger charge is -2.43. The minimum absolute atomic E-state index is 0.0900. The summed E-state index contributed by atoms with van der Waals surface area (Å²) in [6.45, 7) is 10.7. The molecule has 0 unspecified atom stereocenters. The monoisotopic (exact) mass is 416 g/mol. The van der Waals surface area contributed by atoms with E-state index in [4.69, 9.17) is 0 Å². The fourth-order valence-corrected chi connectivity index (χ4v) is 6.46. The quantitative estimate of drug-likeness (QED) is 0.509. The molecule has 0 aromatic carbocycles. The Kier molecular flexibility index (Phi) is 7.37. The normalized spacial score (nSPS) is 38.3. The van der Waals surface area contributed by atoms with E-state index in [1.165, 1.54) is 31.3 Å². The topological polar surface area (TPSA) is 60.7 Å². The van der Waals surface area contributed by atoms with Gasteiger partial charge in [0.15, 0.2) is 0 Å². The van der Waals surface area contributed by atoms with Crippen LogP contribution in [0.2, 0.25) is 0 Å². The highest BCUT2D eigenvalue weighted by atomic mass is 16.3. The molecule has 0 radical (unpaired) electrons. The average molecular weight is 417 g/mol. The first-order valence-electron chi connectivity index (χ1n) is 12.2. The molecule has 1 saturated carbocycles. The highest BCUT2D eigenvalue weighted by Crippen LogP contribution is 2.58. The van der Waals surface area contributed by atoms with Crippen molar-refractivity contribution in [3.8, 4) is 0 Å². The lowest BCUT2D eigenvalue weighted by atomic mass is 9.62. The zero-order chi connectivity index (χ0) is 22.1. The molecule has 3 heteroatoms. The van der Waals surface area contributed by atoms with Crippen molar-refractivity contribution in [2.24, 2.45) is 29.1 Å². The van der Waals surface area contributed by atoms with E-state index in [2.05, 4.69) is 32.1 Å². The van der Waals surface area contributed by atoms with E-state index in [-0.39, 0.29) is 5.92 Å². The van der Waals surface area contributed by atoms with Crippen LogP contribution in [0.3, 0.4) is 0 Å². The van der Waals surface area contributed by atoms with Crippen molar-refractivity contribution in [1.82, 2.24) is 0 Å². The van der Waals surface area contributed by atoms with E-state index in [0.717, 1.165) is 30.8 Å². The summed E-state index contributed by atoms with van der Waals surface area (Å²) < 4.78 is 0. The highest BCUT2D eigenvalue weighted by Gasteiger charge is 2.49. The molecule has 0 saturated heterocycles. The van der Waals surface area contributed by atoms with Crippen molar-refractivity contribution in [2.75, 3.05) is 0 Å². The molecule has 1 fully saturated rings. The summed E-state index contributed by atoms with van der Waals surface area (Å²) in [6, 6.07) is 0. The predicted octanol–water partition coefficient (Wildman–Crippen LogP) is 5.56. The van der Waals surface area contributed by atoms with Crippen LogP contribution < -0.4 is 0 Å². The molecule has 170 valence electrons. The summed E-state index contributed by atoms with van der Waals surface area (Å²) in [7, 11) is 0. The summed E-state index contributed by atoms with van der Waals surface area (Å²) in [6.07, 6.45) is 16.5. The molecular weight excluding hydrogens is 372 g/mol. The van der Waals surface area contributed by atoms with Crippen LogP contribution in [0.15, 0.2) is 35.5 Å². The molecule has 0 aliphatic heterocycles. The van der Waals surface area contributed by atoms with Gasteiger partial charge in [-0.25, -0.2) is 0 Å². The number of allylic oxidation sites excluding steroid dienone is 4. The van der Waals surface area contributed by atoms with Gasteiger partial charge in [0.05, 0.1) is 17.8 Å². The SMILES string of the molecule is C[C@@H]1[C@H](O)C=C(/C=C\C2=CCC[C@@]3(C)[C@@H]2CC[C@@H]3[C@H](C)CCCC(C)(C)O)C[C@H]1O. The van der Waals surface area contributed by atoms with Gasteiger partial charge in [0, 0.05) is 5.92 Å². The Balaban J connectivity index is 1.65. The van der Waals surface area contributed by atoms with Crippen LogP contribution in [0.4, 0.5) is 0 Å². The van der Waals surface area contributed by atoms with E-state index < -0.39 is 17.8 Å². The standard InChI is InChI=1S/C27H44O3/c1-18(8-6-14-26(3,4)30)22-12-13-23-21(9-7-15-27(22,23)5)11-10-20-16-24(28)19(2)25(29)17-20/h9-11,16,18-19,22-25,28-30H,6-8,12-15,17H2,1-5H3/b11-10-/t18-,19-,22-,23-,24-,25-,27-/m1/s1. The van der Waals surface area contributed by atoms with E-state index in [1.807, 2.05) is 26.8 Å². The molecular formula is C27H44O3. The van der Waals surface area contributed by atoms with Gasteiger partial charge in [0.25, 0.3) is 0 Å². The van der Waals surface area contributed by atoms with Gasteiger partial charge in [-0.05, 0) is 86.7 Å². The van der Waals surface area contributed by atoms with Gasteiger partial charge >= 0.3 is 0 Å². The Hall–Kier alpha value is -0.900. The molecule has 0 bridgehead atoms. The van der Waals surface area contributed by atoms with E-state index in [1.54, 1.807) is 0 Å². The lowest BCUT2D eigenvalue weighted by molar-refractivity contribution is 0.0367. The van der Waals surface area contributed by atoms with Gasteiger partial charge in [-0.2, -0.15) is 0 Å². The lowest BCUT2D eigenvalue weighted by Crippen LogP contribution is -2.35. The average Bonchev–Trinajstić information content (AvgIpc) is 3.00. The molecule has 0 aromatic rings. The Bertz CT molecular complexity index is 683. The van der Waals surface area contributed by atoms with Gasteiger partial charge in [-0.1, -0.05) is 57.9 Å².